The van der Waals surface area contributed by atoms with Crippen LogP contribution in [0.5, 0.6) is 0 Å². The first-order chi connectivity index (χ1) is 6.95. The van der Waals surface area contributed by atoms with Crippen LogP contribution in [-0.4, -0.2) is 12.8 Å². The fraction of sp³-hybridized carbons (Fsp3) is 0.500. The van der Waals surface area contributed by atoms with E-state index in [0.29, 0.717) is 0 Å². The van der Waals surface area contributed by atoms with Gasteiger partial charge >= 0.3 is 0 Å². The number of ether oxygens (including phenoxy) is 1. The van der Waals surface area contributed by atoms with Crippen LogP contribution in [0.1, 0.15) is 24.8 Å². The minimum atomic E-state index is 0.268. The van der Waals surface area contributed by atoms with E-state index in [0.717, 1.165) is 19.6 Å². The summed E-state index contributed by atoms with van der Waals surface area (Å²) in [5, 5.41) is 3.37. The third-order valence-electron chi connectivity index (χ3n) is 2.56. The van der Waals surface area contributed by atoms with Gasteiger partial charge in [0.05, 0.1) is 6.61 Å². The van der Waals surface area contributed by atoms with E-state index in [1.807, 2.05) is 18.2 Å². The monoisotopic (exact) mass is 191 g/mol. The maximum Gasteiger partial charge on any atom is 0.108 e. The van der Waals surface area contributed by atoms with Gasteiger partial charge in [-0.25, -0.2) is 0 Å². The SMILES string of the molecule is c1ccc(COC2CCCCN2)cc1. The van der Waals surface area contributed by atoms with Crippen molar-refractivity contribution in [1.82, 2.24) is 5.32 Å². The van der Waals surface area contributed by atoms with Crippen molar-refractivity contribution in [2.24, 2.45) is 0 Å². The standard InChI is InChI=1S/C12H17NO/c1-2-6-11(7-3-1)10-14-12-8-4-5-9-13-12/h1-3,6-7,12-13H,4-5,8-10H2. The third-order valence-corrected chi connectivity index (χ3v) is 2.56. The van der Waals surface area contributed by atoms with E-state index in [9.17, 15) is 0 Å². The number of piperidine rings is 1. The Hall–Kier alpha value is -0.860. The Labute approximate surface area is 85.3 Å². The van der Waals surface area contributed by atoms with Gasteiger partial charge in [-0.15, -0.1) is 0 Å². The van der Waals surface area contributed by atoms with Gasteiger partial charge in [-0.1, -0.05) is 30.3 Å². The molecule has 0 bridgehead atoms. The summed E-state index contributed by atoms with van der Waals surface area (Å²) in [5.74, 6) is 0. The molecule has 1 fully saturated rings. The Morgan fingerprint density at radius 2 is 2.07 bits per heavy atom. The first-order valence-corrected chi connectivity index (χ1v) is 5.34. The molecule has 0 aliphatic carbocycles. The zero-order valence-corrected chi connectivity index (χ0v) is 8.41. The van der Waals surface area contributed by atoms with Gasteiger partial charge in [-0.05, 0) is 31.4 Å². The average molecular weight is 191 g/mol. The molecule has 0 radical (unpaired) electrons. The molecule has 0 spiro atoms. The molecular formula is C12H17NO. The van der Waals surface area contributed by atoms with E-state index >= 15 is 0 Å². The molecule has 1 aromatic rings. The second-order valence-electron chi connectivity index (χ2n) is 3.74. The Balaban J connectivity index is 1.76. The van der Waals surface area contributed by atoms with Crippen molar-refractivity contribution in [3.8, 4) is 0 Å². The van der Waals surface area contributed by atoms with E-state index in [4.69, 9.17) is 4.74 Å². The van der Waals surface area contributed by atoms with Crippen LogP contribution in [-0.2, 0) is 11.3 Å². The Bertz CT molecular complexity index is 254. The second-order valence-corrected chi connectivity index (χ2v) is 3.74. The predicted molar refractivity (Wildman–Crippen MR) is 56.9 cm³/mol. The second kappa shape index (κ2) is 5.13. The van der Waals surface area contributed by atoms with Crippen LogP contribution in [0.4, 0.5) is 0 Å². The Morgan fingerprint density at radius 1 is 1.21 bits per heavy atom. The highest BCUT2D eigenvalue weighted by molar-refractivity contribution is 5.13. The lowest BCUT2D eigenvalue weighted by Gasteiger charge is -2.23. The highest BCUT2D eigenvalue weighted by Gasteiger charge is 2.11. The quantitative estimate of drug-likeness (QED) is 0.791. The average Bonchev–Trinajstić information content (AvgIpc) is 2.29. The topological polar surface area (TPSA) is 21.3 Å². The molecule has 0 saturated carbocycles. The molecule has 0 amide bonds. The van der Waals surface area contributed by atoms with Gasteiger partial charge in [-0.3, -0.25) is 5.32 Å². The molecular weight excluding hydrogens is 174 g/mol. The van der Waals surface area contributed by atoms with E-state index in [-0.39, 0.29) is 6.23 Å². The van der Waals surface area contributed by atoms with Crippen LogP contribution < -0.4 is 5.32 Å². The summed E-state index contributed by atoms with van der Waals surface area (Å²) in [6.07, 6.45) is 3.98. The number of rotatable bonds is 3. The lowest BCUT2D eigenvalue weighted by atomic mass is 10.1. The summed E-state index contributed by atoms with van der Waals surface area (Å²) < 4.78 is 5.76. The number of benzene rings is 1. The maximum atomic E-state index is 5.76. The number of hydrogen-bond acceptors (Lipinski definition) is 2. The van der Waals surface area contributed by atoms with E-state index in [1.54, 1.807) is 0 Å². The van der Waals surface area contributed by atoms with Gasteiger partial charge in [0.15, 0.2) is 0 Å². The molecule has 2 heteroatoms. The van der Waals surface area contributed by atoms with Crippen LogP contribution in [0, 0.1) is 0 Å². The highest BCUT2D eigenvalue weighted by atomic mass is 16.5. The summed E-state index contributed by atoms with van der Waals surface area (Å²) in [6.45, 7) is 1.82. The first kappa shape index (κ1) is 9.69. The Kier molecular flexibility index (Phi) is 3.55. The molecule has 2 rings (SSSR count). The van der Waals surface area contributed by atoms with Crippen molar-refractivity contribution in [3.05, 3.63) is 35.9 Å². The summed E-state index contributed by atoms with van der Waals surface area (Å²) in [6, 6.07) is 10.3. The number of hydrogen-bond donors (Lipinski definition) is 1. The maximum absolute atomic E-state index is 5.76. The highest BCUT2D eigenvalue weighted by Crippen LogP contribution is 2.10. The van der Waals surface area contributed by atoms with Crippen LogP contribution in [0.25, 0.3) is 0 Å². The minimum Gasteiger partial charge on any atom is -0.359 e. The molecule has 1 N–H and O–H groups in total. The molecule has 1 aromatic carbocycles. The molecule has 1 atom stereocenters. The molecule has 1 aliphatic heterocycles. The summed E-state index contributed by atoms with van der Waals surface area (Å²) in [4.78, 5) is 0. The van der Waals surface area contributed by atoms with Crippen LogP contribution in [0.3, 0.4) is 0 Å². The molecule has 14 heavy (non-hydrogen) atoms. The van der Waals surface area contributed by atoms with E-state index in [2.05, 4.69) is 17.4 Å². The third kappa shape index (κ3) is 2.82. The van der Waals surface area contributed by atoms with Crippen molar-refractivity contribution in [3.63, 3.8) is 0 Å². The molecule has 76 valence electrons. The van der Waals surface area contributed by atoms with Crippen LogP contribution >= 0.6 is 0 Å². The zero-order chi connectivity index (χ0) is 9.64. The van der Waals surface area contributed by atoms with Crippen molar-refractivity contribution < 1.29 is 4.74 Å². The summed E-state index contributed by atoms with van der Waals surface area (Å²) in [7, 11) is 0. The first-order valence-electron chi connectivity index (χ1n) is 5.34. The molecule has 1 unspecified atom stereocenters. The Morgan fingerprint density at radius 3 is 2.79 bits per heavy atom. The molecule has 1 saturated heterocycles. The lowest BCUT2D eigenvalue weighted by Crippen LogP contribution is -2.35. The summed E-state index contributed by atoms with van der Waals surface area (Å²) in [5.41, 5.74) is 1.25. The van der Waals surface area contributed by atoms with Crippen molar-refractivity contribution >= 4 is 0 Å². The fourth-order valence-electron chi connectivity index (χ4n) is 1.73. The molecule has 1 heterocycles. The molecule has 2 nitrogen and oxygen atoms in total. The largest absolute Gasteiger partial charge is 0.359 e. The molecule has 0 aromatic heterocycles. The fourth-order valence-corrected chi connectivity index (χ4v) is 1.73. The molecule has 1 aliphatic rings. The normalized spacial score (nSPS) is 22.1. The van der Waals surface area contributed by atoms with Crippen molar-refractivity contribution in [1.29, 1.82) is 0 Å². The smallest absolute Gasteiger partial charge is 0.108 e. The van der Waals surface area contributed by atoms with Gasteiger partial charge in [-0.2, -0.15) is 0 Å². The lowest BCUT2D eigenvalue weighted by molar-refractivity contribution is 0.00123. The number of nitrogens with one attached hydrogen (secondary N) is 1. The van der Waals surface area contributed by atoms with Gasteiger partial charge in [0.2, 0.25) is 0 Å². The van der Waals surface area contributed by atoms with Crippen LogP contribution in [0.2, 0.25) is 0 Å². The summed E-state index contributed by atoms with van der Waals surface area (Å²) >= 11 is 0. The van der Waals surface area contributed by atoms with E-state index < -0.39 is 0 Å². The predicted octanol–water partition coefficient (Wildman–Crippen LogP) is 2.30. The van der Waals surface area contributed by atoms with E-state index in [1.165, 1.54) is 18.4 Å². The van der Waals surface area contributed by atoms with Gasteiger partial charge in [0.1, 0.15) is 6.23 Å². The van der Waals surface area contributed by atoms with Gasteiger partial charge in [0.25, 0.3) is 0 Å². The van der Waals surface area contributed by atoms with Gasteiger partial charge < -0.3 is 4.74 Å². The van der Waals surface area contributed by atoms with Crippen molar-refractivity contribution in [2.45, 2.75) is 32.1 Å². The van der Waals surface area contributed by atoms with Gasteiger partial charge in [0, 0.05) is 0 Å². The zero-order valence-electron chi connectivity index (χ0n) is 8.41. The minimum absolute atomic E-state index is 0.268. The van der Waals surface area contributed by atoms with Crippen LogP contribution in [0.15, 0.2) is 30.3 Å². The van der Waals surface area contributed by atoms with Crippen molar-refractivity contribution in [2.75, 3.05) is 6.54 Å².